The van der Waals surface area contributed by atoms with Gasteiger partial charge in [-0.3, -0.25) is 14.5 Å². The van der Waals surface area contributed by atoms with Crippen LogP contribution in [-0.2, 0) is 16.1 Å². The number of amides is 2. The van der Waals surface area contributed by atoms with Gasteiger partial charge >= 0.3 is 0 Å². The summed E-state index contributed by atoms with van der Waals surface area (Å²) in [5.41, 5.74) is 1.38. The van der Waals surface area contributed by atoms with Gasteiger partial charge in [-0.25, -0.2) is 4.99 Å². The highest BCUT2D eigenvalue weighted by Crippen LogP contribution is 2.34. The van der Waals surface area contributed by atoms with Gasteiger partial charge in [0, 0.05) is 17.0 Å². The van der Waals surface area contributed by atoms with Crippen LogP contribution in [0.3, 0.4) is 0 Å². The van der Waals surface area contributed by atoms with Crippen molar-refractivity contribution in [3.8, 4) is 11.5 Å². The first-order chi connectivity index (χ1) is 17.1. The van der Waals surface area contributed by atoms with Gasteiger partial charge in [0.25, 0.3) is 0 Å². The highest BCUT2D eigenvalue weighted by atomic mass is 32.2. The summed E-state index contributed by atoms with van der Waals surface area (Å²) >= 11 is 2.91. The molecular formula is C26H27N3O4S2. The van der Waals surface area contributed by atoms with E-state index in [9.17, 15) is 9.59 Å². The zero-order valence-corrected chi connectivity index (χ0v) is 21.2. The van der Waals surface area contributed by atoms with E-state index in [1.165, 1.54) is 11.8 Å². The van der Waals surface area contributed by atoms with Crippen molar-refractivity contribution in [1.82, 2.24) is 4.90 Å². The molecule has 0 bridgehead atoms. The molecule has 3 aromatic rings. The van der Waals surface area contributed by atoms with Gasteiger partial charge in [-0.15, -0.1) is 11.3 Å². The number of aliphatic imine (C=N–C) groups is 1. The second-order valence-electron chi connectivity index (χ2n) is 7.83. The third-order valence-electron chi connectivity index (χ3n) is 5.19. The molecular weight excluding hydrogens is 482 g/mol. The number of amidine groups is 1. The SMILES string of the molecule is CCCOc1ccc(NC(=O)C[C@H]2SC(=Nc3ccc(OC)cc3)N(Cc3cccs3)C2=O)cc1. The zero-order valence-electron chi connectivity index (χ0n) is 19.6. The van der Waals surface area contributed by atoms with Crippen LogP contribution in [0.1, 0.15) is 24.6 Å². The van der Waals surface area contributed by atoms with Gasteiger partial charge < -0.3 is 14.8 Å². The van der Waals surface area contributed by atoms with Gasteiger partial charge in [0.05, 0.1) is 25.9 Å². The Morgan fingerprint density at radius 3 is 2.49 bits per heavy atom. The first kappa shape index (κ1) is 24.8. The summed E-state index contributed by atoms with van der Waals surface area (Å²) in [4.78, 5) is 33.5. The van der Waals surface area contributed by atoms with E-state index in [-0.39, 0.29) is 18.2 Å². The van der Waals surface area contributed by atoms with E-state index in [0.717, 1.165) is 22.8 Å². The molecule has 1 aromatic heterocycles. The Labute approximate surface area is 213 Å². The number of methoxy groups -OCH3 is 1. The maximum atomic E-state index is 13.3. The lowest BCUT2D eigenvalue weighted by molar-refractivity contribution is -0.128. The number of nitrogens with one attached hydrogen (secondary N) is 1. The molecule has 9 heteroatoms. The van der Waals surface area contributed by atoms with Gasteiger partial charge in [-0.05, 0) is 66.4 Å². The quantitative estimate of drug-likeness (QED) is 0.379. The van der Waals surface area contributed by atoms with Crippen molar-refractivity contribution < 1.29 is 19.1 Å². The summed E-state index contributed by atoms with van der Waals surface area (Å²) in [6.07, 6.45) is 0.985. The molecule has 0 saturated carbocycles. The number of thioether (sulfide) groups is 1. The minimum Gasteiger partial charge on any atom is -0.497 e. The molecule has 1 aliphatic rings. The summed E-state index contributed by atoms with van der Waals surface area (Å²) < 4.78 is 10.8. The van der Waals surface area contributed by atoms with Crippen molar-refractivity contribution in [1.29, 1.82) is 0 Å². The molecule has 1 aliphatic heterocycles. The summed E-state index contributed by atoms with van der Waals surface area (Å²) in [6, 6.07) is 18.5. The minimum atomic E-state index is -0.542. The lowest BCUT2D eigenvalue weighted by atomic mass is 10.2. The first-order valence-electron chi connectivity index (χ1n) is 11.3. The van der Waals surface area contributed by atoms with E-state index < -0.39 is 5.25 Å². The molecule has 2 heterocycles. The van der Waals surface area contributed by atoms with Crippen LogP contribution in [0.4, 0.5) is 11.4 Å². The summed E-state index contributed by atoms with van der Waals surface area (Å²) in [5, 5.41) is 4.90. The van der Waals surface area contributed by atoms with Gasteiger partial charge in [-0.2, -0.15) is 0 Å². The highest BCUT2D eigenvalue weighted by molar-refractivity contribution is 8.15. The minimum absolute atomic E-state index is 0.0557. The van der Waals surface area contributed by atoms with Crippen LogP contribution in [0, 0.1) is 0 Å². The van der Waals surface area contributed by atoms with Crippen molar-refractivity contribution >= 4 is 51.5 Å². The Bertz CT molecular complexity index is 1160. The smallest absolute Gasteiger partial charge is 0.243 e. The Morgan fingerprint density at radius 2 is 1.83 bits per heavy atom. The van der Waals surface area contributed by atoms with Crippen LogP contribution in [0.25, 0.3) is 0 Å². The molecule has 35 heavy (non-hydrogen) atoms. The molecule has 1 saturated heterocycles. The van der Waals surface area contributed by atoms with E-state index in [0.29, 0.717) is 29.7 Å². The maximum absolute atomic E-state index is 13.3. The zero-order chi connectivity index (χ0) is 24.6. The van der Waals surface area contributed by atoms with Crippen LogP contribution in [0.2, 0.25) is 0 Å². The van der Waals surface area contributed by atoms with E-state index in [4.69, 9.17) is 14.5 Å². The number of ether oxygens (including phenoxy) is 2. The third kappa shape index (κ3) is 6.64. The lowest BCUT2D eigenvalue weighted by Crippen LogP contribution is -2.32. The lowest BCUT2D eigenvalue weighted by Gasteiger charge is -2.15. The van der Waals surface area contributed by atoms with Crippen molar-refractivity contribution in [2.45, 2.75) is 31.6 Å². The number of carbonyl (C=O) groups excluding carboxylic acids is 2. The number of carbonyl (C=O) groups is 2. The molecule has 1 N–H and O–H groups in total. The van der Waals surface area contributed by atoms with Crippen molar-refractivity contribution in [3.05, 3.63) is 70.9 Å². The molecule has 182 valence electrons. The van der Waals surface area contributed by atoms with Crippen molar-refractivity contribution in [3.63, 3.8) is 0 Å². The number of thiophene rings is 1. The number of anilines is 1. The molecule has 2 amide bonds. The Hall–Kier alpha value is -3.30. The Morgan fingerprint density at radius 1 is 1.09 bits per heavy atom. The van der Waals surface area contributed by atoms with Crippen molar-refractivity contribution in [2.75, 3.05) is 19.0 Å². The maximum Gasteiger partial charge on any atom is 0.243 e. The Balaban J connectivity index is 1.45. The van der Waals surface area contributed by atoms with Crippen LogP contribution in [-0.4, -0.2) is 40.8 Å². The van der Waals surface area contributed by atoms with Gasteiger partial charge in [0.15, 0.2) is 5.17 Å². The largest absolute Gasteiger partial charge is 0.497 e. The molecule has 0 aliphatic carbocycles. The van der Waals surface area contributed by atoms with Crippen LogP contribution < -0.4 is 14.8 Å². The van der Waals surface area contributed by atoms with Crippen LogP contribution in [0.5, 0.6) is 11.5 Å². The number of rotatable bonds is 10. The summed E-state index contributed by atoms with van der Waals surface area (Å²) in [7, 11) is 1.61. The van der Waals surface area contributed by atoms with E-state index in [1.54, 1.807) is 35.5 Å². The molecule has 0 spiro atoms. The fraction of sp³-hybridized carbons (Fsp3) is 0.269. The Kier molecular flexibility index (Phi) is 8.44. The average Bonchev–Trinajstić information content (AvgIpc) is 3.48. The number of benzene rings is 2. The molecule has 1 atom stereocenters. The summed E-state index contributed by atoms with van der Waals surface area (Å²) in [6.45, 7) is 3.12. The van der Waals surface area contributed by atoms with E-state index in [1.807, 2.05) is 60.8 Å². The van der Waals surface area contributed by atoms with Gasteiger partial charge in [0.2, 0.25) is 11.8 Å². The predicted octanol–water partition coefficient (Wildman–Crippen LogP) is 5.71. The van der Waals surface area contributed by atoms with E-state index in [2.05, 4.69) is 5.32 Å². The molecule has 1 fully saturated rings. The average molecular weight is 510 g/mol. The van der Waals surface area contributed by atoms with Gasteiger partial charge in [0.1, 0.15) is 16.7 Å². The molecule has 7 nitrogen and oxygen atoms in total. The summed E-state index contributed by atoms with van der Waals surface area (Å²) in [5.74, 6) is 1.16. The fourth-order valence-corrected chi connectivity index (χ4v) is 5.28. The predicted molar refractivity (Wildman–Crippen MR) is 142 cm³/mol. The standard InChI is InChI=1S/C26H27N3O4S2/c1-3-14-33-21-12-8-18(9-13-21)27-24(30)16-23-25(31)29(17-22-5-4-15-34-22)26(35-23)28-19-6-10-20(32-2)11-7-19/h4-13,15,23H,3,14,16-17H2,1-2H3,(H,27,30)/t23-/m1/s1. The topological polar surface area (TPSA) is 80.2 Å². The molecule has 0 unspecified atom stereocenters. The van der Waals surface area contributed by atoms with Crippen LogP contribution in [0.15, 0.2) is 71.0 Å². The number of hydrogen-bond acceptors (Lipinski definition) is 7. The second-order valence-corrected chi connectivity index (χ2v) is 10.0. The van der Waals surface area contributed by atoms with Crippen molar-refractivity contribution in [2.24, 2.45) is 4.99 Å². The monoisotopic (exact) mass is 509 g/mol. The fourth-order valence-electron chi connectivity index (χ4n) is 3.43. The number of hydrogen-bond donors (Lipinski definition) is 1. The molecule has 0 radical (unpaired) electrons. The normalized spacial score (nSPS) is 16.5. The van der Waals surface area contributed by atoms with E-state index >= 15 is 0 Å². The first-order valence-corrected chi connectivity index (χ1v) is 13.1. The second kappa shape index (κ2) is 11.9. The molecule has 2 aromatic carbocycles. The molecule has 4 rings (SSSR count). The van der Waals surface area contributed by atoms with Crippen LogP contribution >= 0.6 is 23.1 Å². The number of nitrogens with zero attached hydrogens (tertiary/aromatic N) is 2. The van der Waals surface area contributed by atoms with Gasteiger partial charge in [-0.1, -0.05) is 24.8 Å². The highest BCUT2D eigenvalue weighted by Gasteiger charge is 2.39. The third-order valence-corrected chi connectivity index (χ3v) is 7.23.